The molecular formula is C32H40F2NO5P. The molecule has 0 aliphatic carbocycles. The molecule has 0 aromatic heterocycles. The third-order valence-corrected chi connectivity index (χ3v) is 8.68. The second-order valence-electron chi connectivity index (χ2n) is 9.62. The number of hydrogen-bond donors (Lipinski definition) is 1. The van der Waals surface area contributed by atoms with E-state index in [-0.39, 0.29) is 19.1 Å². The first-order valence-corrected chi connectivity index (χ1v) is 15.8. The molecule has 0 fully saturated rings. The number of hydrogen-bond acceptors (Lipinski definition) is 5. The zero-order valence-electron chi connectivity index (χ0n) is 24.0. The van der Waals surface area contributed by atoms with Crippen molar-refractivity contribution in [1.82, 2.24) is 0 Å². The van der Waals surface area contributed by atoms with Gasteiger partial charge in [-0.15, -0.1) is 0 Å². The van der Waals surface area contributed by atoms with Gasteiger partial charge in [-0.25, -0.2) is 0 Å². The fourth-order valence-corrected chi connectivity index (χ4v) is 5.83. The van der Waals surface area contributed by atoms with Crippen LogP contribution in [0.4, 0.5) is 14.5 Å². The maximum absolute atomic E-state index is 14.9. The lowest BCUT2D eigenvalue weighted by Gasteiger charge is -2.26. The molecule has 1 N–H and O–H groups in total. The van der Waals surface area contributed by atoms with Crippen LogP contribution in [0.1, 0.15) is 75.2 Å². The van der Waals surface area contributed by atoms with Gasteiger partial charge in [0.25, 0.3) is 5.91 Å². The Morgan fingerprint density at radius 3 is 1.85 bits per heavy atom. The van der Waals surface area contributed by atoms with Crippen molar-refractivity contribution in [2.24, 2.45) is 0 Å². The Morgan fingerprint density at radius 1 is 0.756 bits per heavy atom. The van der Waals surface area contributed by atoms with E-state index in [9.17, 15) is 18.1 Å². The van der Waals surface area contributed by atoms with Gasteiger partial charge in [0.05, 0.1) is 19.8 Å². The smallest absolute Gasteiger partial charge is 0.404 e. The summed E-state index contributed by atoms with van der Waals surface area (Å²) >= 11 is 0. The number of alkyl halides is 2. The summed E-state index contributed by atoms with van der Waals surface area (Å²) in [5, 5.41) is 2.70. The van der Waals surface area contributed by atoms with Crippen LogP contribution in [0.3, 0.4) is 0 Å². The van der Waals surface area contributed by atoms with Crippen molar-refractivity contribution < 1.29 is 31.9 Å². The van der Waals surface area contributed by atoms with Crippen molar-refractivity contribution >= 4 is 19.2 Å². The zero-order valence-corrected chi connectivity index (χ0v) is 24.9. The second kappa shape index (κ2) is 15.8. The Bertz CT molecular complexity index is 1250. The summed E-state index contributed by atoms with van der Waals surface area (Å²) in [5.74, 6) is 0.449. The predicted octanol–water partition coefficient (Wildman–Crippen LogP) is 9.66. The van der Waals surface area contributed by atoms with Gasteiger partial charge in [0.2, 0.25) is 0 Å². The maximum Gasteiger partial charge on any atom is 0.404 e. The monoisotopic (exact) mass is 587 g/mol. The first kappa shape index (κ1) is 32.5. The molecule has 0 saturated carbocycles. The minimum Gasteiger partial charge on any atom is -0.494 e. The maximum atomic E-state index is 14.9. The summed E-state index contributed by atoms with van der Waals surface area (Å²) in [6.07, 6.45) is 7.32. The van der Waals surface area contributed by atoms with Crippen molar-refractivity contribution in [1.29, 1.82) is 0 Å². The first-order valence-electron chi connectivity index (χ1n) is 14.3. The van der Waals surface area contributed by atoms with Crippen LogP contribution < -0.4 is 10.1 Å². The Labute approximate surface area is 242 Å². The molecule has 0 radical (unpaired) electrons. The molecule has 6 nitrogen and oxygen atoms in total. The van der Waals surface area contributed by atoms with E-state index in [2.05, 4.69) is 12.2 Å². The molecule has 0 aliphatic rings. The standard InChI is InChI=1S/C32H40F2NO5P/c1-4-7-8-9-10-11-24-38-30-22-16-26(17-23-30)25-12-14-27(15-13-25)31(36)35-29-20-18-28(19-21-29)32(33,34)41(37,39-5-2)40-6-3/h12-23H,4-11,24H2,1-3H3,(H,35,36). The van der Waals surface area contributed by atoms with E-state index in [1.54, 1.807) is 12.1 Å². The van der Waals surface area contributed by atoms with Gasteiger partial charge in [0.1, 0.15) is 5.75 Å². The van der Waals surface area contributed by atoms with Gasteiger partial charge in [0.15, 0.2) is 0 Å². The van der Waals surface area contributed by atoms with E-state index in [0.29, 0.717) is 17.9 Å². The third-order valence-electron chi connectivity index (χ3n) is 6.53. The number of nitrogens with one attached hydrogen (secondary N) is 1. The summed E-state index contributed by atoms with van der Waals surface area (Å²) in [7, 11) is -4.71. The summed E-state index contributed by atoms with van der Waals surface area (Å²) in [6.45, 7) is 5.50. The number of unbranched alkanes of at least 4 members (excludes halogenated alkanes) is 5. The summed E-state index contributed by atoms with van der Waals surface area (Å²) < 4.78 is 58.1. The molecular weight excluding hydrogens is 547 g/mol. The molecule has 0 spiro atoms. The largest absolute Gasteiger partial charge is 0.494 e. The number of carbonyl (C=O) groups is 1. The SMILES string of the molecule is CCCCCCCCOc1ccc(-c2ccc(C(=O)Nc3ccc(C(F)(F)P(=O)(OCC)OCC)cc3)cc2)cc1. The van der Waals surface area contributed by atoms with Crippen molar-refractivity contribution in [2.45, 2.75) is 65.0 Å². The predicted molar refractivity (Wildman–Crippen MR) is 160 cm³/mol. The van der Waals surface area contributed by atoms with Crippen LogP contribution in [0.25, 0.3) is 11.1 Å². The number of rotatable bonds is 17. The number of amides is 1. The van der Waals surface area contributed by atoms with E-state index in [1.165, 1.54) is 58.1 Å². The molecule has 0 saturated heterocycles. The van der Waals surface area contributed by atoms with Crippen LogP contribution in [-0.4, -0.2) is 25.7 Å². The molecule has 0 bridgehead atoms. The van der Waals surface area contributed by atoms with Gasteiger partial charge in [-0.3, -0.25) is 9.36 Å². The van der Waals surface area contributed by atoms with Crippen LogP contribution >= 0.6 is 7.60 Å². The van der Waals surface area contributed by atoms with Crippen molar-refractivity contribution in [3.05, 3.63) is 83.9 Å². The topological polar surface area (TPSA) is 73.9 Å². The van der Waals surface area contributed by atoms with Crippen LogP contribution in [0, 0.1) is 0 Å². The molecule has 0 aliphatic heterocycles. The van der Waals surface area contributed by atoms with Gasteiger partial charge >= 0.3 is 13.3 Å². The van der Waals surface area contributed by atoms with Gasteiger partial charge < -0.3 is 19.1 Å². The average molecular weight is 588 g/mol. The molecule has 1 amide bonds. The average Bonchev–Trinajstić information content (AvgIpc) is 2.97. The van der Waals surface area contributed by atoms with Gasteiger partial charge in [0, 0.05) is 16.8 Å². The summed E-state index contributed by atoms with van der Waals surface area (Å²) in [4.78, 5) is 12.8. The number of ether oxygens (including phenoxy) is 1. The quantitative estimate of drug-likeness (QED) is 0.126. The second-order valence-corrected chi connectivity index (χ2v) is 11.7. The lowest BCUT2D eigenvalue weighted by molar-refractivity contribution is 0.0361. The summed E-state index contributed by atoms with van der Waals surface area (Å²) in [6, 6.07) is 19.8. The molecule has 3 rings (SSSR count). The highest BCUT2D eigenvalue weighted by atomic mass is 31.2. The number of carbonyl (C=O) groups excluding carboxylic acids is 1. The Morgan fingerprint density at radius 2 is 1.29 bits per heavy atom. The Kier molecular flexibility index (Phi) is 12.5. The molecule has 3 aromatic carbocycles. The highest BCUT2D eigenvalue weighted by Crippen LogP contribution is 2.66. The highest BCUT2D eigenvalue weighted by Gasteiger charge is 2.54. The van der Waals surface area contributed by atoms with Crippen LogP contribution in [0.5, 0.6) is 5.75 Å². The fourth-order valence-electron chi connectivity index (χ4n) is 4.28. The van der Waals surface area contributed by atoms with E-state index >= 15 is 0 Å². The molecule has 0 atom stereocenters. The number of anilines is 1. The minimum absolute atomic E-state index is 0.182. The van der Waals surface area contributed by atoms with E-state index in [1.807, 2.05) is 36.4 Å². The first-order chi connectivity index (χ1) is 19.7. The number of benzene rings is 3. The van der Waals surface area contributed by atoms with Crippen LogP contribution in [0.2, 0.25) is 0 Å². The summed E-state index contributed by atoms with van der Waals surface area (Å²) in [5.41, 5.74) is -1.68. The fraction of sp³-hybridized carbons (Fsp3) is 0.406. The molecule has 0 unspecified atom stereocenters. The van der Waals surface area contributed by atoms with Crippen molar-refractivity contribution in [2.75, 3.05) is 25.1 Å². The van der Waals surface area contributed by atoms with Gasteiger partial charge in [-0.1, -0.05) is 75.4 Å². The highest BCUT2D eigenvalue weighted by molar-refractivity contribution is 7.54. The minimum atomic E-state index is -4.71. The van der Waals surface area contributed by atoms with Crippen molar-refractivity contribution in [3.8, 4) is 16.9 Å². The Hall–Kier alpha value is -3.06. The van der Waals surface area contributed by atoms with Crippen LogP contribution in [-0.2, 0) is 19.3 Å². The molecule has 222 valence electrons. The third kappa shape index (κ3) is 8.96. The number of halogens is 2. The lowest BCUT2D eigenvalue weighted by atomic mass is 10.0. The molecule has 9 heteroatoms. The molecule has 0 heterocycles. The lowest BCUT2D eigenvalue weighted by Crippen LogP contribution is -2.18. The zero-order chi connectivity index (χ0) is 29.7. The van der Waals surface area contributed by atoms with E-state index < -0.39 is 18.8 Å². The van der Waals surface area contributed by atoms with Crippen LogP contribution in [0.15, 0.2) is 72.8 Å². The van der Waals surface area contributed by atoms with E-state index in [4.69, 9.17) is 13.8 Å². The molecule has 3 aromatic rings. The molecule has 41 heavy (non-hydrogen) atoms. The van der Waals surface area contributed by atoms with Crippen molar-refractivity contribution in [3.63, 3.8) is 0 Å². The van der Waals surface area contributed by atoms with Gasteiger partial charge in [-0.2, -0.15) is 8.78 Å². The van der Waals surface area contributed by atoms with E-state index in [0.717, 1.165) is 35.4 Å². The van der Waals surface area contributed by atoms with Gasteiger partial charge in [-0.05, 0) is 67.8 Å². The Balaban J connectivity index is 1.55. The normalized spacial score (nSPS) is 11.8.